The first-order chi connectivity index (χ1) is 10.5. The Morgan fingerprint density at radius 3 is 2.59 bits per heavy atom. The van der Waals surface area contributed by atoms with Crippen LogP contribution in [-0.2, 0) is 0 Å². The number of hydrogen-bond donors (Lipinski definition) is 1. The predicted octanol–water partition coefficient (Wildman–Crippen LogP) is 4.24. The Labute approximate surface area is 128 Å². The van der Waals surface area contributed by atoms with E-state index in [0.29, 0.717) is 11.5 Å². The highest BCUT2D eigenvalue weighted by Crippen LogP contribution is 2.25. The highest BCUT2D eigenvalue weighted by molar-refractivity contribution is 7.09. The zero-order valence-electron chi connectivity index (χ0n) is 11.4. The third kappa shape index (κ3) is 2.75. The van der Waals surface area contributed by atoms with Crippen molar-refractivity contribution in [2.24, 2.45) is 0 Å². The second kappa shape index (κ2) is 5.69. The number of carbonyl (C=O) groups excluding carboxylic acids is 1. The molecule has 0 aliphatic carbocycles. The summed E-state index contributed by atoms with van der Waals surface area (Å²) in [6, 6.07) is 6.35. The molecule has 0 bridgehead atoms. The molecule has 0 saturated heterocycles. The second-order valence-electron chi connectivity index (χ2n) is 4.47. The molecule has 0 aliphatic rings. The molecule has 1 aromatic carbocycles. The molecule has 3 aromatic rings. The van der Waals surface area contributed by atoms with E-state index in [0.717, 1.165) is 17.1 Å². The summed E-state index contributed by atoms with van der Waals surface area (Å²) in [6.07, 6.45) is 0. The number of benzene rings is 1. The fourth-order valence-electron chi connectivity index (χ4n) is 1.87. The number of aryl methyl sites for hydroxylation is 1. The second-order valence-corrected chi connectivity index (χ2v) is 5.53. The number of carbonyl (C=O) groups is 1. The van der Waals surface area contributed by atoms with Gasteiger partial charge in [0.15, 0.2) is 11.5 Å². The quantitative estimate of drug-likeness (QED) is 0.785. The van der Waals surface area contributed by atoms with E-state index in [1.54, 1.807) is 11.4 Å². The molecule has 2 aromatic heterocycles. The van der Waals surface area contributed by atoms with Gasteiger partial charge in [-0.1, -0.05) is 6.07 Å². The van der Waals surface area contributed by atoms with Crippen molar-refractivity contribution >= 4 is 22.9 Å². The van der Waals surface area contributed by atoms with Crippen LogP contribution >= 0.6 is 11.3 Å². The SMILES string of the molecule is Cc1nc(-c2ccc(C(=O)Nc3c(F)cccc3F)o2)cs1. The van der Waals surface area contributed by atoms with E-state index < -0.39 is 23.2 Å². The maximum absolute atomic E-state index is 13.5. The number of para-hydroxylation sites is 1. The van der Waals surface area contributed by atoms with E-state index in [2.05, 4.69) is 10.3 Å². The normalized spacial score (nSPS) is 10.7. The van der Waals surface area contributed by atoms with Crippen molar-refractivity contribution in [2.45, 2.75) is 6.92 Å². The summed E-state index contributed by atoms with van der Waals surface area (Å²) in [6.45, 7) is 1.85. The molecular formula is C15H10F2N2O2S. The zero-order chi connectivity index (χ0) is 15.7. The van der Waals surface area contributed by atoms with Gasteiger partial charge in [-0.05, 0) is 31.2 Å². The van der Waals surface area contributed by atoms with Crippen molar-refractivity contribution in [3.05, 3.63) is 58.1 Å². The zero-order valence-corrected chi connectivity index (χ0v) is 12.2. The smallest absolute Gasteiger partial charge is 0.291 e. The molecule has 1 N–H and O–H groups in total. The average Bonchev–Trinajstić information content (AvgIpc) is 3.11. The lowest BCUT2D eigenvalue weighted by Crippen LogP contribution is -2.13. The van der Waals surface area contributed by atoms with Gasteiger partial charge >= 0.3 is 0 Å². The Bertz CT molecular complexity index is 821. The molecule has 0 spiro atoms. The molecule has 22 heavy (non-hydrogen) atoms. The molecule has 0 atom stereocenters. The molecule has 1 amide bonds. The molecule has 3 rings (SSSR count). The van der Waals surface area contributed by atoms with Crippen molar-refractivity contribution in [2.75, 3.05) is 5.32 Å². The molecule has 0 radical (unpaired) electrons. The minimum Gasteiger partial charge on any atom is -0.449 e. The van der Waals surface area contributed by atoms with Gasteiger partial charge in [-0.2, -0.15) is 0 Å². The van der Waals surface area contributed by atoms with Crippen LogP contribution in [0.3, 0.4) is 0 Å². The van der Waals surface area contributed by atoms with Crippen LogP contribution in [0.5, 0.6) is 0 Å². The van der Waals surface area contributed by atoms with Crippen molar-refractivity contribution in [1.29, 1.82) is 0 Å². The first kappa shape index (κ1) is 14.4. The highest BCUT2D eigenvalue weighted by atomic mass is 32.1. The van der Waals surface area contributed by atoms with Gasteiger partial charge in [0, 0.05) is 5.38 Å². The minimum atomic E-state index is -0.852. The summed E-state index contributed by atoms with van der Waals surface area (Å²) in [5.74, 6) is -2.07. The van der Waals surface area contributed by atoms with E-state index in [-0.39, 0.29) is 5.76 Å². The van der Waals surface area contributed by atoms with Crippen molar-refractivity contribution in [3.8, 4) is 11.5 Å². The van der Waals surface area contributed by atoms with Gasteiger partial charge < -0.3 is 9.73 Å². The van der Waals surface area contributed by atoms with Gasteiger partial charge in [-0.15, -0.1) is 11.3 Å². The van der Waals surface area contributed by atoms with Crippen LogP contribution in [0, 0.1) is 18.6 Å². The van der Waals surface area contributed by atoms with Crippen LogP contribution in [0.25, 0.3) is 11.5 Å². The Kier molecular flexibility index (Phi) is 3.72. The number of rotatable bonds is 3. The third-order valence-electron chi connectivity index (χ3n) is 2.90. The van der Waals surface area contributed by atoms with Crippen molar-refractivity contribution in [3.63, 3.8) is 0 Å². The van der Waals surface area contributed by atoms with E-state index in [9.17, 15) is 13.6 Å². The number of thiazole rings is 1. The molecule has 7 heteroatoms. The summed E-state index contributed by atoms with van der Waals surface area (Å²) in [5, 5.41) is 4.83. The van der Waals surface area contributed by atoms with Gasteiger partial charge in [-0.25, -0.2) is 13.8 Å². The first-order valence-electron chi connectivity index (χ1n) is 6.32. The van der Waals surface area contributed by atoms with Gasteiger partial charge in [0.25, 0.3) is 5.91 Å². The largest absolute Gasteiger partial charge is 0.449 e. The molecule has 4 nitrogen and oxygen atoms in total. The van der Waals surface area contributed by atoms with Crippen LogP contribution in [0.2, 0.25) is 0 Å². The number of nitrogens with one attached hydrogen (secondary N) is 1. The van der Waals surface area contributed by atoms with Gasteiger partial charge in [0.05, 0.1) is 5.01 Å². The summed E-state index contributed by atoms with van der Waals surface area (Å²) < 4.78 is 32.4. The maximum atomic E-state index is 13.5. The molecular weight excluding hydrogens is 310 g/mol. The number of furan rings is 1. The number of amides is 1. The Balaban J connectivity index is 1.83. The monoisotopic (exact) mass is 320 g/mol. The Morgan fingerprint density at radius 2 is 1.95 bits per heavy atom. The lowest BCUT2D eigenvalue weighted by atomic mass is 10.3. The third-order valence-corrected chi connectivity index (χ3v) is 3.68. The maximum Gasteiger partial charge on any atom is 0.291 e. The summed E-state index contributed by atoms with van der Waals surface area (Å²) >= 11 is 1.45. The minimum absolute atomic E-state index is 0.0525. The fourth-order valence-corrected chi connectivity index (χ4v) is 2.47. The van der Waals surface area contributed by atoms with E-state index >= 15 is 0 Å². The summed E-state index contributed by atoms with van der Waals surface area (Å²) in [4.78, 5) is 16.3. The molecule has 0 fully saturated rings. The van der Waals surface area contributed by atoms with Crippen LogP contribution in [0.4, 0.5) is 14.5 Å². The predicted molar refractivity (Wildman–Crippen MR) is 78.9 cm³/mol. The van der Waals surface area contributed by atoms with Crippen LogP contribution in [0.15, 0.2) is 40.1 Å². The Morgan fingerprint density at radius 1 is 1.23 bits per heavy atom. The van der Waals surface area contributed by atoms with Crippen LogP contribution in [0.1, 0.15) is 15.6 Å². The van der Waals surface area contributed by atoms with E-state index in [1.807, 2.05) is 6.92 Å². The first-order valence-corrected chi connectivity index (χ1v) is 7.20. The number of nitrogens with zero attached hydrogens (tertiary/aromatic N) is 1. The summed E-state index contributed by atoms with van der Waals surface area (Å²) in [5.41, 5.74) is 0.105. The molecule has 2 heterocycles. The number of halogens is 2. The number of aromatic nitrogens is 1. The van der Waals surface area contributed by atoms with E-state index in [1.165, 1.54) is 23.5 Å². The lowest BCUT2D eigenvalue weighted by Gasteiger charge is -2.05. The fraction of sp³-hybridized carbons (Fsp3) is 0.0667. The molecule has 0 aliphatic heterocycles. The molecule has 0 saturated carbocycles. The lowest BCUT2D eigenvalue weighted by molar-refractivity contribution is 0.0996. The van der Waals surface area contributed by atoms with E-state index in [4.69, 9.17) is 4.42 Å². The van der Waals surface area contributed by atoms with Crippen molar-refractivity contribution in [1.82, 2.24) is 4.98 Å². The van der Waals surface area contributed by atoms with Crippen LogP contribution in [-0.4, -0.2) is 10.9 Å². The number of anilines is 1. The van der Waals surface area contributed by atoms with Crippen molar-refractivity contribution < 1.29 is 18.0 Å². The molecule has 0 unspecified atom stereocenters. The van der Waals surface area contributed by atoms with Gasteiger partial charge in [-0.3, -0.25) is 4.79 Å². The van der Waals surface area contributed by atoms with Crippen LogP contribution < -0.4 is 5.32 Å². The Hall–Kier alpha value is -2.54. The summed E-state index contributed by atoms with van der Waals surface area (Å²) in [7, 11) is 0. The average molecular weight is 320 g/mol. The standard InChI is InChI=1S/C15H10F2N2O2S/c1-8-18-11(7-22-8)12-5-6-13(21-12)15(20)19-14-9(16)3-2-4-10(14)17/h2-7H,1H3,(H,19,20). The van der Waals surface area contributed by atoms with Gasteiger partial charge in [0.2, 0.25) is 0 Å². The highest BCUT2D eigenvalue weighted by Gasteiger charge is 2.17. The topological polar surface area (TPSA) is 55.1 Å². The van der Waals surface area contributed by atoms with Gasteiger partial charge in [0.1, 0.15) is 23.0 Å². The number of hydrogen-bond acceptors (Lipinski definition) is 4. The molecule has 112 valence electrons.